The molecular formula is C20H18O5. The fourth-order valence-corrected chi connectivity index (χ4v) is 2.51. The lowest BCUT2D eigenvalue weighted by molar-refractivity contribution is -0.147. The van der Waals surface area contributed by atoms with Crippen LogP contribution in [-0.4, -0.2) is 12.6 Å². The van der Waals surface area contributed by atoms with Crippen molar-refractivity contribution >= 4 is 16.9 Å². The van der Waals surface area contributed by atoms with Crippen molar-refractivity contribution in [1.29, 1.82) is 0 Å². The molecule has 0 aliphatic heterocycles. The monoisotopic (exact) mass is 338 g/mol. The van der Waals surface area contributed by atoms with Crippen molar-refractivity contribution in [3.63, 3.8) is 0 Å². The van der Waals surface area contributed by atoms with Gasteiger partial charge in [0.15, 0.2) is 6.61 Å². The molecule has 0 saturated heterocycles. The highest BCUT2D eigenvalue weighted by Crippen LogP contribution is 2.19. The lowest BCUT2D eigenvalue weighted by atomic mass is 10.1. The molecule has 3 aromatic rings. The second-order valence-corrected chi connectivity index (χ2v) is 5.81. The number of fused-ring (bicyclic) bond motifs is 1. The second-order valence-electron chi connectivity index (χ2n) is 5.81. The van der Waals surface area contributed by atoms with Crippen molar-refractivity contribution < 1.29 is 18.7 Å². The van der Waals surface area contributed by atoms with E-state index < -0.39 is 11.6 Å². The topological polar surface area (TPSA) is 65.7 Å². The Hall–Kier alpha value is -3.08. The molecule has 0 radical (unpaired) electrons. The Morgan fingerprint density at radius 2 is 1.88 bits per heavy atom. The summed E-state index contributed by atoms with van der Waals surface area (Å²) in [6.45, 7) is 3.61. The van der Waals surface area contributed by atoms with Gasteiger partial charge in [-0.2, -0.15) is 0 Å². The van der Waals surface area contributed by atoms with Crippen molar-refractivity contribution in [2.24, 2.45) is 0 Å². The van der Waals surface area contributed by atoms with E-state index >= 15 is 0 Å². The summed E-state index contributed by atoms with van der Waals surface area (Å²) in [5.74, 6) is 0.137. The molecule has 5 heteroatoms. The van der Waals surface area contributed by atoms with E-state index in [0.29, 0.717) is 16.9 Å². The van der Waals surface area contributed by atoms with E-state index in [2.05, 4.69) is 0 Å². The SMILES string of the molecule is Cc1ccc2c(COC(=O)COc3ccccc3C)cc(=O)oc2c1. The van der Waals surface area contributed by atoms with Gasteiger partial charge >= 0.3 is 11.6 Å². The van der Waals surface area contributed by atoms with Crippen LogP contribution in [0.3, 0.4) is 0 Å². The van der Waals surface area contributed by atoms with Gasteiger partial charge in [0.2, 0.25) is 0 Å². The first-order valence-electron chi connectivity index (χ1n) is 7.90. The number of carbonyl (C=O) groups excluding carboxylic acids is 1. The lowest BCUT2D eigenvalue weighted by Crippen LogP contribution is -2.15. The Kier molecular flexibility index (Phi) is 4.84. The van der Waals surface area contributed by atoms with Gasteiger partial charge in [-0.05, 0) is 37.1 Å². The molecule has 3 rings (SSSR count). The van der Waals surface area contributed by atoms with Gasteiger partial charge in [0.05, 0.1) is 0 Å². The van der Waals surface area contributed by atoms with Gasteiger partial charge in [0.25, 0.3) is 0 Å². The van der Waals surface area contributed by atoms with Crippen LogP contribution in [0.15, 0.2) is 57.7 Å². The lowest BCUT2D eigenvalue weighted by Gasteiger charge is -2.10. The standard InChI is InChI=1S/C20H18O5/c1-13-7-8-16-15(10-19(21)25-18(16)9-13)11-24-20(22)12-23-17-6-4-3-5-14(17)2/h3-10H,11-12H2,1-2H3. The van der Waals surface area contributed by atoms with Crippen molar-refractivity contribution in [2.45, 2.75) is 20.5 Å². The molecule has 0 spiro atoms. The van der Waals surface area contributed by atoms with Gasteiger partial charge in [-0.3, -0.25) is 0 Å². The van der Waals surface area contributed by atoms with Crippen molar-refractivity contribution in [3.05, 3.63) is 75.6 Å². The van der Waals surface area contributed by atoms with Gasteiger partial charge in [-0.1, -0.05) is 30.3 Å². The molecule has 25 heavy (non-hydrogen) atoms. The first kappa shape index (κ1) is 16.8. The molecule has 0 bridgehead atoms. The van der Waals surface area contributed by atoms with Crippen LogP contribution in [-0.2, 0) is 16.1 Å². The highest BCUT2D eigenvalue weighted by molar-refractivity contribution is 5.81. The van der Waals surface area contributed by atoms with E-state index in [-0.39, 0.29) is 13.2 Å². The quantitative estimate of drug-likeness (QED) is 0.526. The molecular weight excluding hydrogens is 320 g/mol. The molecule has 128 valence electrons. The second kappa shape index (κ2) is 7.21. The van der Waals surface area contributed by atoms with Crippen LogP contribution in [0.5, 0.6) is 5.75 Å². The van der Waals surface area contributed by atoms with Gasteiger partial charge in [0.1, 0.15) is 17.9 Å². The Morgan fingerprint density at radius 1 is 1.08 bits per heavy atom. The normalized spacial score (nSPS) is 10.6. The highest BCUT2D eigenvalue weighted by Gasteiger charge is 2.10. The summed E-state index contributed by atoms with van der Waals surface area (Å²) in [5.41, 5.74) is 2.54. The molecule has 0 atom stereocenters. The zero-order chi connectivity index (χ0) is 17.8. The molecule has 0 unspecified atom stereocenters. The average molecular weight is 338 g/mol. The predicted octanol–water partition coefficient (Wildman–Crippen LogP) is 3.53. The molecule has 0 aliphatic carbocycles. The first-order chi connectivity index (χ1) is 12.0. The summed E-state index contributed by atoms with van der Waals surface area (Å²) in [4.78, 5) is 23.6. The number of benzene rings is 2. The minimum Gasteiger partial charge on any atom is -0.482 e. The Morgan fingerprint density at radius 3 is 2.68 bits per heavy atom. The van der Waals surface area contributed by atoms with Crippen LogP contribution >= 0.6 is 0 Å². The number of aryl methyl sites for hydroxylation is 2. The third kappa shape index (κ3) is 4.07. The number of hydrogen-bond donors (Lipinski definition) is 0. The first-order valence-corrected chi connectivity index (χ1v) is 7.90. The van der Waals surface area contributed by atoms with Crippen molar-refractivity contribution in [1.82, 2.24) is 0 Å². The van der Waals surface area contributed by atoms with E-state index in [0.717, 1.165) is 16.5 Å². The number of esters is 1. The van der Waals surface area contributed by atoms with E-state index in [9.17, 15) is 9.59 Å². The molecule has 0 amide bonds. The van der Waals surface area contributed by atoms with Crippen LogP contribution in [0, 0.1) is 13.8 Å². The molecule has 0 aliphatic rings. The van der Waals surface area contributed by atoms with Gasteiger partial charge in [-0.15, -0.1) is 0 Å². The van der Waals surface area contributed by atoms with Crippen LogP contribution in [0.25, 0.3) is 11.0 Å². The molecule has 5 nitrogen and oxygen atoms in total. The maximum absolute atomic E-state index is 11.9. The number of hydrogen-bond acceptors (Lipinski definition) is 5. The van der Waals surface area contributed by atoms with Crippen LogP contribution in [0.2, 0.25) is 0 Å². The van der Waals surface area contributed by atoms with E-state index in [1.807, 2.05) is 44.2 Å². The van der Waals surface area contributed by atoms with Crippen molar-refractivity contribution in [2.75, 3.05) is 6.61 Å². The molecule has 1 aromatic heterocycles. The van der Waals surface area contributed by atoms with Gasteiger partial charge in [0, 0.05) is 17.0 Å². The van der Waals surface area contributed by atoms with Gasteiger partial charge < -0.3 is 13.9 Å². The summed E-state index contributed by atoms with van der Waals surface area (Å²) in [7, 11) is 0. The smallest absolute Gasteiger partial charge is 0.344 e. The summed E-state index contributed by atoms with van der Waals surface area (Å²) in [6.07, 6.45) is 0. The number of rotatable bonds is 5. The summed E-state index contributed by atoms with van der Waals surface area (Å²) < 4.78 is 15.9. The number of carbonyl (C=O) groups is 1. The summed E-state index contributed by atoms with van der Waals surface area (Å²) in [5, 5.41) is 0.748. The largest absolute Gasteiger partial charge is 0.482 e. The Bertz CT molecular complexity index is 971. The Balaban J connectivity index is 1.67. The fraction of sp³-hybridized carbons (Fsp3) is 0.200. The van der Waals surface area contributed by atoms with E-state index in [4.69, 9.17) is 13.9 Å². The maximum atomic E-state index is 11.9. The van der Waals surface area contributed by atoms with E-state index in [1.54, 1.807) is 12.1 Å². The molecule has 1 heterocycles. The molecule has 0 fully saturated rings. The third-order valence-electron chi connectivity index (χ3n) is 3.81. The van der Waals surface area contributed by atoms with Crippen LogP contribution < -0.4 is 10.4 Å². The minimum absolute atomic E-state index is 0.0128. The average Bonchev–Trinajstić information content (AvgIpc) is 2.58. The zero-order valence-corrected chi connectivity index (χ0v) is 14.1. The fourth-order valence-electron chi connectivity index (χ4n) is 2.51. The molecule has 0 saturated carbocycles. The molecule has 2 aromatic carbocycles. The maximum Gasteiger partial charge on any atom is 0.344 e. The predicted molar refractivity (Wildman–Crippen MR) is 93.7 cm³/mol. The summed E-state index contributed by atoms with van der Waals surface area (Å²) >= 11 is 0. The number of para-hydroxylation sites is 1. The highest BCUT2D eigenvalue weighted by atomic mass is 16.6. The minimum atomic E-state index is -0.503. The van der Waals surface area contributed by atoms with E-state index in [1.165, 1.54) is 6.07 Å². The third-order valence-corrected chi connectivity index (χ3v) is 3.81. The number of ether oxygens (including phenoxy) is 2. The van der Waals surface area contributed by atoms with Gasteiger partial charge in [-0.25, -0.2) is 9.59 Å². The van der Waals surface area contributed by atoms with Crippen molar-refractivity contribution in [3.8, 4) is 5.75 Å². The molecule has 0 N–H and O–H groups in total. The van der Waals surface area contributed by atoms with Crippen LogP contribution in [0.4, 0.5) is 0 Å². The van der Waals surface area contributed by atoms with Crippen LogP contribution in [0.1, 0.15) is 16.7 Å². The Labute approximate surface area is 144 Å². The summed E-state index contributed by atoms with van der Waals surface area (Å²) in [6, 6.07) is 14.3. The zero-order valence-electron chi connectivity index (χ0n) is 14.1.